The number of aromatic nitrogens is 2. The first kappa shape index (κ1) is 13.4. The number of hydrogen-bond donors (Lipinski definition) is 2. The first-order valence-corrected chi connectivity index (χ1v) is 6.10. The zero-order valence-electron chi connectivity index (χ0n) is 10.1. The largest absolute Gasteiger partial charge is 0.437 e. The molecule has 2 aromatic rings. The van der Waals surface area contributed by atoms with Gasteiger partial charge in [0, 0.05) is 19.0 Å². The molecule has 1 aromatic heterocycles. The van der Waals surface area contributed by atoms with Gasteiger partial charge in [-0.15, -0.1) is 0 Å². The van der Waals surface area contributed by atoms with E-state index in [1.54, 1.807) is 12.1 Å². The number of thiocarbonyl (C=S) groups is 1. The van der Waals surface area contributed by atoms with Crippen LogP contribution in [-0.2, 0) is 6.42 Å². The summed E-state index contributed by atoms with van der Waals surface area (Å²) in [5.41, 5.74) is 6.94. The van der Waals surface area contributed by atoms with E-state index >= 15 is 0 Å². The lowest BCUT2D eigenvalue weighted by Crippen LogP contribution is -2.13. The van der Waals surface area contributed by atoms with Gasteiger partial charge in [-0.25, -0.2) is 9.97 Å². The van der Waals surface area contributed by atoms with Crippen LogP contribution in [0.4, 0.5) is 0 Å². The van der Waals surface area contributed by atoms with Gasteiger partial charge >= 0.3 is 0 Å². The predicted molar refractivity (Wildman–Crippen MR) is 75.2 cm³/mol. The Morgan fingerprint density at radius 1 is 1.21 bits per heavy atom. The molecule has 98 valence electrons. The van der Waals surface area contributed by atoms with Crippen molar-refractivity contribution in [3.05, 3.63) is 47.9 Å². The molecule has 0 atom stereocenters. The van der Waals surface area contributed by atoms with Gasteiger partial charge in [0.1, 0.15) is 10.7 Å². The summed E-state index contributed by atoms with van der Waals surface area (Å²) in [6.45, 7) is 0.121. The number of nitrogens with zero attached hydrogens (tertiary/aromatic N) is 2. The molecule has 0 radical (unpaired) electrons. The Balaban J connectivity index is 2.19. The number of nitrogens with two attached hydrogens (primary N) is 1. The molecule has 0 saturated carbocycles. The molecule has 6 heteroatoms. The molecule has 1 heterocycles. The molecule has 1 aromatic carbocycles. The van der Waals surface area contributed by atoms with E-state index in [1.165, 1.54) is 12.4 Å². The second-order valence-electron chi connectivity index (χ2n) is 3.79. The maximum atomic E-state index is 8.84. The first-order valence-electron chi connectivity index (χ1n) is 5.69. The summed E-state index contributed by atoms with van der Waals surface area (Å²) in [7, 11) is 0. The standard InChI is InChI=1S/C13H13N3O2S/c14-12(19)11-13(16-7-6-15-11)18-10-3-1-9(2-4-10)5-8-17/h1-4,6-7,17H,5,8H2,(H2,14,19). The van der Waals surface area contributed by atoms with Gasteiger partial charge in [0.2, 0.25) is 5.88 Å². The Morgan fingerprint density at radius 2 is 1.89 bits per heavy atom. The molecule has 0 fully saturated rings. The highest BCUT2D eigenvalue weighted by atomic mass is 32.1. The fourth-order valence-corrected chi connectivity index (χ4v) is 1.67. The van der Waals surface area contributed by atoms with Gasteiger partial charge in [-0.3, -0.25) is 0 Å². The molecule has 0 unspecified atom stereocenters. The van der Waals surface area contributed by atoms with Gasteiger partial charge < -0.3 is 15.6 Å². The van der Waals surface area contributed by atoms with Crippen molar-refractivity contribution >= 4 is 17.2 Å². The molecule has 0 amide bonds. The zero-order valence-corrected chi connectivity index (χ0v) is 10.9. The smallest absolute Gasteiger partial charge is 0.248 e. The summed E-state index contributed by atoms with van der Waals surface area (Å²) in [6, 6.07) is 7.34. The molecule has 0 aliphatic carbocycles. The van der Waals surface area contributed by atoms with E-state index in [2.05, 4.69) is 9.97 Å². The van der Waals surface area contributed by atoms with E-state index in [9.17, 15) is 0 Å². The Kier molecular flexibility index (Phi) is 4.38. The minimum Gasteiger partial charge on any atom is -0.437 e. The van der Waals surface area contributed by atoms with Crippen LogP contribution in [0.15, 0.2) is 36.7 Å². The van der Waals surface area contributed by atoms with Crippen molar-refractivity contribution in [3.63, 3.8) is 0 Å². The molecular formula is C13H13N3O2S. The van der Waals surface area contributed by atoms with Gasteiger partial charge in [-0.2, -0.15) is 0 Å². The highest BCUT2D eigenvalue weighted by Gasteiger charge is 2.10. The normalized spacial score (nSPS) is 10.2. The molecular weight excluding hydrogens is 262 g/mol. The van der Waals surface area contributed by atoms with Crippen molar-refractivity contribution in [2.75, 3.05) is 6.61 Å². The molecule has 0 bridgehead atoms. The third kappa shape index (κ3) is 3.46. The van der Waals surface area contributed by atoms with Crippen LogP contribution in [0.3, 0.4) is 0 Å². The summed E-state index contributed by atoms with van der Waals surface area (Å²) in [6.07, 6.45) is 3.63. The van der Waals surface area contributed by atoms with Gasteiger partial charge in [-0.1, -0.05) is 24.4 Å². The average Bonchev–Trinajstić information content (AvgIpc) is 2.42. The topological polar surface area (TPSA) is 81.3 Å². The van der Waals surface area contributed by atoms with Crippen molar-refractivity contribution in [2.45, 2.75) is 6.42 Å². The summed E-state index contributed by atoms with van der Waals surface area (Å²) in [5.74, 6) is 0.893. The Hall–Kier alpha value is -2.05. The summed E-state index contributed by atoms with van der Waals surface area (Å²) in [4.78, 5) is 8.24. The summed E-state index contributed by atoms with van der Waals surface area (Å²) in [5, 5.41) is 8.84. The number of ether oxygens (including phenoxy) is 1. The Bertz CT molecular complexity index is 572. The third-order valence-electron chi connectivity index (χ3n) is 2.44. The van der Waals surface area contributed by atoms with Crippen LogP contribution in [0.5, 0.6) is 11.6 Å². The Morgan fingerprint density at radius 3 is 2.53 bits per heavy atom. The van der Waals surface area contributed by atoms with Gasteiger partial charge in [-0.05, 0) is 24.1 Å². The molecule has 0 aliphatic heterocycles. The molecule has 0 spiro atoms. The van der Waals surface area contributed by atoms with E-state index < -0.39 is 0 Å². The van der Waals surface area contributed by atoms with E-state index in [1.807, 2.05) is 12.1 Å². The van der Waals surface area contributed by atoms with Crippen molar-refractivity contribution in [2.24, 2.45) is 5.73 Å². The minimum atomic E-state index is 0.121. The second-order valence-corrected chi connectivity index (χ2v) is 4.23. The molecule has 2 rings (SSSR count). The lowest BCUT2D eigenvalue weighted by molar-refractivity contribution is 0.299. The first-order chi connectivity index (χ1) is 9.20. The second kappa shape index (κ2) is 6.21. The fraction of sp³-hybridized carbons (Fsp3) is 0.154. The monoisotopic (exact) mass is 275 g/mol. The number of hydrogen-bond acceptors (Lipinski definition) is 5. The van der Waals surface area contributed by atoms with Gasteiger partial charge in [0.05, 0.1) is 0 Å². The zero-order chi connectivity index (χ0) is 13.7. The van der Waals surface area contributed by atoms with Crippen molar-refractivity contribution in [1.82, 2.24) is 9.97 Å². The maximum absolute atomic E-state index is 8.84. The fourth-order valence-electron chi connectivity index (χ4n) is 1.53. The lowest BCUT2D eigenvalue weighted by Gasteiger charge is -2.08. The van der Waals surface area contributed by atoms with Crippen LogP contribution in [0.2, 0.25) is 0 Å². The lowest BCUT2D eigenvalue weighted by atomic mass is 10.1. The van der Waals surface area contributed by atoms with E-state index in [0.29, 0.717) is 17.9 Å². The predicted octanol–water partition coefficient (Wildman–Crippen LogP) is 1.44. The van der Waals surface area contributed by atoms with E-state index in [-0.39, 0.29) is 17.5 Å². The number of rotatable bonds is 5. The molecule has 19 heavy (non-hydrogen) atoms. The van der Waals surface area contributed by atoms with Gasteiger partial charge in [0.25, 0.3) is 0 Å². The highest BCUT2D eigenvalue weighted by molar-refractivity contribution is 7.80. The number of aliphatic hydroxyl groups is 1. The van der Waals surface area contributed by atoms with Crippen molar-refractivity contribution in [1.29, 1.82) is 0 Å². The Labute approximate surface area is 116 Å². The minimum absolute atomic E-state index is 0.121. The van der Waals surface area contributed by atoms with E-state index in [0.717, 1.165) is 5.56 Å². The highest BCUT2D eigenvalue weighted by Crippen LogP contribution is 2.22. The average molecular weight is 275 g/mol. The van der Waals surface area contributed by atoms with Gasteiger partial charge in [0.15, 0.2) is 5.69 Å². The summed E-state index contributed by atoms with van der Waals surface area (Å²) < 4.78 is 5.60. The molecule has 5 nitrogen and oxygen atoms in total. The van der Waals surface area contributed by atoms with E-state index in [4.69, 9.17) is 27.8 Å². The maximum Gasteiger partial charge on any atom is 0.248 e. The van der Waals surface area contributed by atoms with Crippen LogP contribution in [-0.4, -0.2) is 26.7 Å². The SMILES string of the molecule is NC(=S)c1nccnc1Oc1ccc(CCO)cc1. The van der Waals surface area contributed by atoms with Crippen molar-refractivity contribution < 1.29 is 9.84 Å². The van der Waals surface area contributed by atoms with Crippen LogP contribution in [0, 0.1) is 0 Å². The van der Waals surface area contributed by atoms with Crippen LogP contribution < -0.4 is 10.5 Å². The summed E-state index contributed by atoms with van der Waals surface area (Å²) >= 11 is 4.89. The van der Waals surface area contributed by atoms with Crippen molar-refractivity contribution in [3.8, 4) is 11.6 Å². The molecule has 0 aliphatic rings. The molecule has 0 saturated heterocycles. The van der Waals surface area contributed by atoms with Crippen LogP contribution in [0.1, 0.15) is 11.3 Å². The van der Waals surface area contributed by atoms with Crippen LogP contribution in [0.25, 0.3) is 0 Å². The number of aliphatic hydroxyl groups excluding tert-OH is 1. The van der Waals surface area contributed by atoms with Crippen LogP contribution >= 0.6 is 12.2 Å². The molecule has 3 N–H and O–H groups in total. The number of benzene rings is 1. The quantitative estimate of drug-likeness (QED) is 0.804. The third-order valence-corrected chi connectivity index (χ3v) is 2.63.